The van der Waals surface area contributed by atoms with Crippen LogP contribution in [-0.4, -0.2) is 15.9 Å². The van der Waals surface area contributed by atoms with Gasteiger partial charge in [0.05, 0.1) is 27.7 Å². The number of rotatable bonds is 3. The van der Waals surface area contributed by atoms with Crippen molar-refractivity contribution in [1.82, 2.24) is 8.96 Å². The zero-order valence-corrected chi connectivity index (χ0v) is 30.1. The number of nitrogens with zero attached hydrogens (tertiary/aromatic N) is 2. The number of halogens is 2. The van der Waals surface area contributed by atoms with E-state index in [0.717, 1.165) is 87.2 Å². The lowest BCUT2D eigenvalue weighted by Crippen LogP contribution is -2.49. The normalized spacial score (nSPS) is 13.6. The SMILES string of the molecule is F[B-]1(F)n2c(-c3ccccc3)c3c4ccccc4c4ccccc4c3c2[C+](c2ccccc2)c2c3c4ccccc4c4ccccc4c3c(-c3ccccc3)n21. The molecule has 0 N–H and O–H groups in total. The van der Waals surface area contributed by atoms with Crippen molar-refractivity contribution in [3.63, 3.8) is 0 Å². The molecule has 1 aliphatic heterocycles. The molecule has 0 bridgehead atoms. The fraction of sp³-hybridized carbons (Fsp3) is 0. The van der Waals surface area contributed by atoms with Crippen LogP contribution in [0.4, 0.5) is 8.63 Å². The maximum absolute atomic E-state index is 19.2. The maximum atomic E-state index is 19.2. The predicted molar refractivity (Wildman–Crippen MR) is 231 cm³/mol. The first-order chi connectivity index (χ1) is 27.6. The lowest BCUT2D eigenvalue weighted by molar-refractivity contribution is 0.526. The summed E-state index contributed by atoms with van der Waals surface area (Å²) in [6.45, 7) is -4.56. The van der Waals surface area contributed by atoms with Gasteiger partial charge in [0.1, 0.15) is 5.92 Å². The van der Waals surface area contributed by atoms with Gasteiger partial charge >= 0.3 is 6.97 Å². The summed E-state index contributed by atoms with van der Waals surface area (Å²) in [5.41, 5.74) is 4.50. The van der Waals surface area contributed by atoms with E-state index in [0.29, 0.717) is 22.8 Å². The smallest absolute Gasteiger partial charge is 0.437 e. The van der Waals surface area contributed by atoms with E-state index in [1.807, 2.05) is 127 Å². The van der Waals surface area contributed by atoms with Crippen LogP contribution in [0, 0.1) is 5.92 Å². The zero-order valence-electron chi connectivity index (χ0n) is 30.1. The number of hydrogen-bond donors (Lipinski definition) is 0. The van der Waals surface area contributed by atoms with E-state index in [-0.39, 0.29) is 0 Å². The first kappa shape index (κ1) is 31.3. The van der Waals surface area contributed by atoms with E-state index in [4.69, 9.17) is 0 Å². The number of hydrogen-bond acceptors (Lipinski definition) is 0. The largest absolute Gasteiger partial charge is 0.535 e. The van der Waals surface area contributed by atoms with Gasteiger partial charge in [0.25, 0.3) is 0 Å². The average molecular weight is 721 g/mol. The van der Waals surface area contributed by atoms with Gasteiger partial charge in [0.15, 0.2) is 0 Å². The van der Waals surface area contributed by atoms with Crippen LogP contribution in [-0.2, 0) is 0 Å². The molecule has 1 aliphatic rings. The molecule has 2 nitrogen and oxygen atoms in total. The van der Waals surface area contributed by atoms with Gasteiger partial charge < -0.3 is 17.6 Å². The van der Waals surface area contributed by atoms with Crippen molar-refractivity contribution in [2.75, 3.05) is 0 Å². The second kappa shape index (κ2) is 11.5. The predicted octanol–water partition coefficient (Wildman–Crippen LogP) is 13.6. The maximum Gasteiger partial charge on any atom is 0.535 e. The molecule has 0 atom stereocenters. The average Bonchev–Trinajstić information content (AvgIpc) is 3.82. The van der Waals surface area contributed by atoms with Crippen LogP contribution in [0.25, 0.3) is 87.1 Å². The summed E-state index contributed by atoms with van der Waals surface area (Å²) >= 11 is 0. The Labute approximate surface area is 321 Å². The van der Waals surface area contributed by atoms with E-state index < -0.39 is 6.97 Å². The van der Waals surface area contributed by atoms with Gasteiger partial charge in [0.2, 0.25) is 0 Å². The molecule has 2 aromatic heterocycles. The fourth-order valence-corrected chi connectivity index (χ4v) is 9.95. The minimum absolute atomic E-state index is 0.521. The fourth-order valence-electron chi connectivity index (χ4n) is 9.95. The summed E-state index contributed by atoms with van der Waals surface area (Å²) in [5.74, 6) is 0.790. The minimum Gasteiger partial charge on any atom is -0.437 e. The Morgan fingerprint density at radius 1 is 0.321 bits per heavy atom. The van der Waals surface area contributed by atoms with E-state index in [1.54, 1.807) is 0 Å². The van der Waals surface area contributed by atoms with E-state index in [1.165, 1.54) is 8.96 Å². The molecule has 0 aliphatic carbocycles. The molecule has 0 saturated heterocycles. The summed E-state index contributed by atoms with van der Waals surface area (Å²) < 4.78 is 41.3. The second-order valence-electron chi connectivity index (χ2n) is 14.9. The molecule has 3 heterocycles. The number of fused-ring (bicyclic) bond motifs is 16. The first-order valence-electron chi connectivity index (χ1n) is 19.1. The Balaban J connectivity index is 1.41. The molecule has 9 aromatic carbocycles. The molecule has 56 heavy (non-hydrogen) atoms. The number of benzene rings is 9. The Morgan fingerprint density at radius 3 is 0.964 bits per heavy atom. The van der Waals surface area contributed by atoms with Crippen LogP contribution < -0.4 is 0 Å². The van der Waals surface area contributed by atoms with Crippen LogP contribution in [0.5, 0.6) is 0 Å². The van der Waals surface area contributed by atoms with Crippen LogP contribution in [0.2, 0.25) is 0 Å². The van der Waals surface area contributed by atoms with Crippen molar-refractivity contribution in [1.29, 1.82) is 0 Å². The van der Waals surface area contributed by atoms with Gasteiger partial charge in [-0.2, -0.15) is 0 Å². The van der Waals surface area contributed by atoms with Crippen LogP contribution in [0.15, 0.2) is 188 Å². The summed E-state index contributed by atoms with van der Waals surface area (Å²) in [5, 5.41) is 11.3. The molecular formula is C51H31BF2N2. The Morgan fingerprint density at radius 2 is 0.607 bits per heavy atom. The summed E-state index contributed by atoms with van der Waals surface area (Å²) in [6, 6.07) is 63.0. The monoisotopic (exact) mass is 720 g/mol. The van der Waals surface area contributed by atoms with Gasteiger partial charge in [-0.1, -0.05) is 146 Å². The van der Waals surface area contributed by atoms with Crippen LogP contribution in [0.1, 0.15) is 17.0 Å². The summed E-state index contributed by atoms with van der Waals surface area (Å²) in [4.78, 5) is 0. The third-order valence-corrected chi connectivity index (χ3v) is 12.0. The molecule has 0 unspecified atom stereocenters. The summed E-state index contributed by atoms with van der Waals surface area (Å²) in [6.07, 6.45) is 0. The highest BCUT2D eigenvalue weighted by Gasteiger charge is 2.51. The lowest BCUT2D eigenvalue weighted by atomic mass is 9.79. The molecule has 0 fully saturated rings. The van der Waals surface area contributed by atoms with Crippen molar-refractivity contribution in [3.8, 4) is 22.5 Å². The van der Waals surface area contributed by atoms with Gasteiger partial charge in [0, 0.05) is 55.8 Å². The molecule has 11 aromatic rings. The minimum atomic E-state index is -4.56. The lowest BCUT2D eigenvalue weighted by Gasteiger charge is -2.40. The van der Waals surface area contributed by atoms with E-state index in [2.05, 4.69) is 60.7 Å². The molecule has 0 radical (unpaired) electrons. The Hall–Kier alpha value is -7.11. The topological polar surface area (TPSA) is 9.86 Å². The number of aromatic nitrogens is 2. The van der Waals surface area contributed by atoms with Crippen molar-refractivity contribution in [2.24, 2.45) is 0 Å². The van der Waals surface area contributed by atoms with Gasteiger partial charge in [-0.15, -0.1) is 0 Å². The van der Waals surface area contributed by atoms with Crippen LogP contribution in [0.3, 0.4) is 0 Å². The van der Waals surface area contributed by atoms with Crippen LogP contribution >= 0.6 is 0 Å². The van der Waals surface area contributed by atoms with Gasteiger partial charge in [-0.3, -0.25) is 0 Å². The van der Waals surface area contributed by atoms with Gasteiger partial charge in [-0.25, -0.2) is 0 Å². The van der Waals surface area contributed by atoms with E-state index in [9.17, 15) is 0 Å². The quantitative estimate of drug-likeness (QED) is 0.0977. The molecule has 0 spiro atoms. The van der Waals surface area contributed by atoms with Crippen molar-refractivity contribution < 1.29 is 8.63 Å². The van der Waals surface area contributed by atoms with Crippen molar-refractivity contribution >= 4 is 71.6 Å². The molecule has 0 saturated carbocycles. The molecular weight excluding hydrogens is 689 g/mol. The van der Waals surface area contributed by atoms with Crippen molar-refractivity contribution in [2.45, 2.75) is 0 Å². The molecule has 0 amide bonds. The van der Waals surface area contributed by atoms with Gasteiger partial charge in [-0.05, 0) is 63.0 Å². The highest BCUT2D eigenvalue weighted by Crippen LogP contribution is 2.56. The Kier molecular flexibility index (Phi) is 6.39. The molecule has 12 rings (SSSR count). The van der Waals surface area contributed by atoms with Crippen molar-refractivity contribution in [3.05, 3.63) is 211 Å². The second-order valence-corrected chi connectivity index (χ2v) is 14.9. The standard InChI is InChI=1S/C51H31BF2N2/c53-52(54)55-48(33-20-6-2-7-21-33)44-39-28-14-10-24-35(39)37-26-12-16-30-41(37)46(44)50(55)43(32-18-4-1-5-19-32)51-47-42-31-17-13-27-38(42)36-25-11-15-29-40(36)45(47)49(56(51)52)34-22-8-3-9-23-34/h1-31H. The zero-order chi connectivity index (χ0) is 37.1. The molecule has 5 heteroatoms. The highest BCUT2D eigenvalue weighted by atomic mass is 19.2. The molecule has 262 valence electrons. The third kappa shape index (κ3) is 4.01. The third-order valence-electron chi connectivity index (χ3n) is 12.0. The first-order valence-corrected chi connectivity index (χ1v) is 19.1. The summed E-state index contributed by atoms with van der Waals surface area (Å²) in [7, 11) is 0. The van der Waals surface area contributed by atoms with E-state index >= 15 is 8.63 Å². The highest BCUT2D eigenvalue weighted by molar-refractivity contribution is 6.66. The Bertz CT molecular complexity index is 3180.